The highest BCUT2D eigenvalue weighted by Crippen LogP contribution is 2.27. The fourth-order valence-corrected chi connectivity index (χ4v) is 4.36. The molecule has 0 aromatic heterocycles. The zero-order chi connectivity index (χ0) is 13.1. The standard InChI is InChI=1S/C13H21NO3Si/c1-13(8-16-9-13)10-17-18(11-14,15-2)12-6-4-3-5-7-12/h3-7H,8-11,14H2,1-2H3. The van der Waals surface area contributed by atoms with E-state index in [4.69, 9.17) is 19.3 Å². The summed E-state index contributed by atoms with van der Waals surface area (Å²) in [7, 11) is -0.803. The average molecular weight is 267 g/mol. The molecule has 0 spiro atoms. The third-order valence-electron chi connectivity index (χ3n) is 3.37. The van der Waals surface area contributed by atoms with Crippen LogP contribution in [0.2, 0.25) is 0 Å². The lowest BCUT2D eigenvalue weighted by atomic mass is 9.90. The largest absolute Gasteiger partial charge is 0.394 e. The lowest BCUT2D eigenvalue weighted by molar-refractivity contribution is -0.124. The van der Waals surface area contributed by atoms with Gasteiger partial charge in [-0.15, -0.1) is 0 Å². The molecule has 0 radical (unpaired) electrons. The van der Waals surface area contributed by atoms with Crippen LogP contribution in [0.4, 0.5) is 0 Å². The van der Waals surface area contributed by atoms with E-state index in [0.29, 0.717) is 12.8 Å². The van der Waals surface area contributed by atoms with E-state index in [1.807, 2.05) is 30.3 Å². The Kier molecular flexibility index (Phi) is 4.19. The van der Waals surface area contributed by atoms with Crippen molar-refractivity contribution in [2.24, 2.45) is 11.1 Å². The van der Waals surface area contributed by atoms with E-state index in [2.05, 4.69) is 6.92 Å². The molecule has 1 fully saturated rings. The van der Waals surface area contributed by atoms with Crippen LogP contribution in [0.25, 0.3) is 0 Å². The summed E-state index contributed by atoms with van der Waals surface area (Å²) < 4.78 is 17.1. The second kappa shape index (κ2) is 5.50. The van der Waals surface area contributed by atoms with Crippen molar-refractivity contribution in [1.82, 2.24) is 0 Å². The Balaban J connectivity index is 2.11. The van der Waals surface area contributed by atoms with E-state index in [9.17, 15) is 0 Å². The smallest absolute Gasteiger partial charge is 0.386 e. The van der Waals surface area contributed by atoms with Crippen LogP contribution in [0.1, 0.15) is 6.92 Å². The second-order valence-electron chi connectivity index (χ2n) is 5.12. The number of rotatable bonds is 6. The van der Waals surface area contributed by atoms with Crippen LogP contribution >= 0.6 is 0 Å². The van der Waals surface area contributed by atoms with E-state index in [-0.39, 0.29) is 5.41 Å². The molecule has 0 bridgehead atoms. The van der Waals surface area contributed by atoms with E-state index in [1.54, 1.807) is 7.11 Å². The Labute approximate surface area is 109 Å². The molecular weight excluding hydrogens is 246 g/mol. The zero-order valence-electron chi connectivity index (χ0n) is 11.0. The van der Waals surface area contributed by atoms with Gasteiger partial charge in [0, 0.05) is 25.3 Å². The third kappa shape index (κ3) is 2.65. The molecule has 1 heterocycles. The summed E-state index contributed by atoms with van der Waals surface area (Å²) >= 11 is 0. The maximum Gasteiger partial charge on any atom is 0.386 e. The number of hydrogen-bond donors (Lipinski definition) is 1. The van der Waals surface area contributed by atoms with Crippen molar-refractivity contribution in [3.63, 3.8) is 0 Å². The second-order valence-corrected chi connectivity index (χ2v) is 8.31. The van der Waals surface area contributed by atoms with E-state index >= 15 is 0 Å². The first-order valence-corrected chi connectivity index (χ1v) is 8.19. The van der Waals surface area contributed by atoms with E-state index < -0.39 is 8.56 Å². The molecule has 0 saturated carbocycles. The molecule has 1 saturated heterocycles. The van der Waals surface area contributed by atoms with Crippen molar-refractivity contribution in [2.75, 3.05) is 33.1 Å². The third-order valence-corrected chi connectivity index (χ3v) is 6.39. The molecular formula is C13H21NO3Si. The fourth-order valence-electron chi connectivity index (χ4n) is 2.04. The van der Waals surface area contributed by atoms with Gasteiger partial charge in [0.1, 0.15) is 0 Å². The Bertz CT molecular complexity index is 377. The van der Waals surface area contributed by atoms with Gasteiger partial charge in [0.15, 0.2) is 0 Å². The predicted molar refractivity (Wildman–Crippen MR) is 72.8 cm³/mol. The van der Waals surface area contributed by atoms with Crippen molar-refractivity contribution < 1.29 is 13.6 Å². The van der Waals surface area contributed by atoms with Gasteiger partial charge in [0.2, 0.25) is 0 Å². The lowest BCUT2D eigenvalue weighted by Crippen LogP contribution is -2.61. The molecule has 0 amide bonds. The summed E-state index contributed by atoms with van der Waals surface area (Å²) in [6, 6.07) is 10.0. The van der Waals surface area contributed by atoms with Gasteiger partial charge in [-0.25, -0.2) is 0 Å². The molecule has 1 atom stereocenters. The minimum absolute atomic E-state index is 0.112. The van der Waals surface area contributed by atoms with Crippen LogP contribution in [0, 0.1) is 5.41 Å². The van der Waals surface area contributed by atoms with Crippen LogP contribution in [-0.2, 0) is 13.6 Å². The van der Waals surface area contributed by atoms with Gasteiger partial charge in [-0.3, -0.25) is 0 Å². The molecule has 18 heavy (non-hydrogen) atoms. The zero-order valence-corrected chi connectivity index (χ0v) is 12.0. The van der Waals surface area contributed by atoms with Gasteiger partial charge in [0.05, 0.1) is 13.2 Å². The molecule has 1 unspecified atom stereocenters. The molecule has 5 heteroatoms. The molecule has 0 aliphatic carbocycles. The van der Waals surface area contributed by atoms with Crippen LogP contribution in [0.3, 0.4) is 0 Å². The summed E-state index contributed by atoms with van der Waals surface area (Å²) in [4.78, 5) is 0. The molecule has 1 aliphatic heterocycles. The number of benzene rings is 1. The molecule has 2 rings (SSSR count). The normalized spacial score (nSPS) is 21.1. The summed E-state index contributed by atoms with van der Waals surface area (Å²) in [5.41, 5.74) is 6.03. The number of hydrogen-bond acceptors (Lipinski definition) is 4. The van der Waals surface area contributed by atoms with E-state index in [0.717, 1.165) is 18.4 Å². The predicted octanol–water partition coefficient (Wildman–Crippen LogP) is 0.533. The minimum atomic E-state index is -2.49. The first-order chi connectivity index (χ1) is 8.64. The molecule has 1 aromatic rings. The van der Waals surface area contributed by atoms with Crippen molar-refractivity contribution in [2.45, 2.75) is 6.92 Å². The molecule has 100 valence electrons. The summed E-state index contributed by atoms with van der Waals surface area (Å²) in [5, 5.41) is 1.08. The van der Waals surface area contributed by atoms with Gasteiger partial charge >= 0.3 is 8.56 Å². The Morgan fingerprint density at radius 3 is 2.44 bits per heavy atom. The first-order valence-electron chi connectivity index (χ1n) is 6.17. The Hall–Kier alpha value is -0.723. The lowest BCUT2D eigenvalue weighted by Gasteiger charge is -2.40. The van der Waals surface area contributed by atoms with Gasteiger partial charge < -0.3 is 19.3 Å². The van der Waals surface area contributed by atoms with Gasteiger partial charge in [0.25, 0.3) is 0 Å². The molecule has 4 nitrogen and oxygen atoms in total. The van der Waals surface area contributed by atoms with Crippen LogP contribution < -0.4 is 10.9 Å². The summed E-state index contributed by atoms with van der Waals surface area (Å²) in [5.74, 6) is 0. The molecule has 1 aromatic carbocycles. The topological polar surface area (TPSA) is 53.7 Å². The highest BCUT2D eigenvalue weighted by atomic mass is 28.4. The highest BCUT2D eigenvalue weighted by molar-refractivity contribution is 6.81. The van der Waals surface area contributed by atoms with Gasteiger partial charge in [-0.2, -0.15) is 0 Å². The quantitative estimate of drug-likeness (QED) is 0.764. The number of ether oxygens (including phenoxy) is 1. The Morgan fingerprint density at radius 2 is 2.00 bits per heavy atom. The van der Waals surface area contributed by atoms with Gasteiger partial charge in [-0.05, 0) is 5.19 Å². The maximum absolute atomic E-state index is 6.13. The van der Waals surface area contributed by atoms with Crippen molar-refractivity contribution in [3.8, 4) is 0 Å². The van der Waals surface area contributed by atoms with Crippen LogP contribution in [-0.4, -0.2) is 41.7 Å². The van der Waals surface area contributed by atoms with Crippen molar-refractivity contribution in [3.05, 3.63) is 30.3 Å². The van der Waals surface area contributed by atoms with Crippen molar-refractivity contribution >= 4 is 13.7 Å². The highest BCUT2D eigenvalue weighted by Gasteiger charge is 2.42. The average Bonchev–Trinajstić information content (AvgIpc) is 2.40. The van der Waals surface area contributed by atoms with Crippen LogP contribution in [0.15, 0.2) is 30.3 Å². The molecule has 2 N–H and O–H groups in total. The summed E-state index contributed by atoms with van der Waals surface area (Å²) in [6.07, 6.45) is 0.421. The fraction of sp³-hybridized carbons (Fsp3) is 0.538. The van der Waals surface area contributed by atoms with Crippen molar-refractivity contribution in [1.29, 1.82) is 0 Å². The maximum atomic E-state index is 6.13. The van der Waals surface area contributed by atoms with E-state index in [1.165, 1.54) is 0 Å². The van der Waals surface area contributed by atoms with Gasteiger partial charge in [-0.1, -0.05) is 37.3 Å². The SMILES string of the molecule is CO[Si](CN)(OCC1(C)COC1)c1ccccc1. The minimum Gasteiger partial charge on any atom is -0.394 e. The monoisotopic (exact) mass is 267 g/mol. The number of nitrogens with two attached hydrogens (primary N) is 1. The first kappa shape index (κ1) is 13.7. The van der Waals surface area contributed by atoms with Crippen LogP contribution in [0.5, 0.6) is 0 Å². The summed E-state index contributed by atoms with van der Waals surface area (Å²) in [6.45, 7) is 4.30. The Morgan fingerprint density at radius 1 is 1.33 bits per heavy atom. The molecule has 1 aliphatic rings.